The fraction of sp³-hybridized carbons (Fsp3) is 1.00. The highest BCUT2D eigenvalue weighted by atomic mass is 32.1. The van der Waals surface area contributed by atoms with Crippen LogP contribution in [0.15, 0.2) is 0 Å². The van der Waals surface area contributed by atoms with Crippen LogP contribution in [-0.2, 0) is 0 Å². The van der Waals surface area contributed by atoms with E-state index in [9.17, 15) is 0 Å². The maximum absolute atomic E-state index is 4.47. The average molecular weight is 172 g/mol. The molecule has 3 aliphatic rings. The molecule has 11 heavy (non-hydrogen) atoms. The number of fused-ring (bicyclic) bond motifs is 2. The van der Waals surface area contributed by atoms with Gasteiger partial charge >= 0.3 is 0 Å². The first kappa shape index (κ1) is 7.90. The van der Waals surface area contributed by atoms with E-state index in [2.05, 4.69) is 36.4 Å². The number of hydrogen-bond acceptors (Lipinski definition) is 3. The summed E-state index contributed by atoms with van der Waals surface area (Å²) in [4.78, 5) is 4.95. The molecular weight excluding hydrogens is 156 g/mol. The summed E-state index contributed by atoms with van der Waals surface area (Å²) in [5, 5.41) is 0.451. The van der Waals surface area contributed by atoms with Gasteiger partial charge in [-0.3, -0.25) is 4.90 Å². The summed E-state index contributed by atoms with van der Waals surface area (Å²) in [6.45, 7) is 4.65. The quantitative estimate of drug-likeness (QED) is 0.580. The van der Waals surface area contributed by atoms with Crippen LogP contribution in [0.4, 0.5) is 0 Å². The minimum Gasteiger partial charge on any atom is -0.303 e. The monoisotopic (exact) mass is 172 g/mol. The summed E-state index contributed by atoms with van der Waals surface area (Å²) in [5.41, 5.74) is 0. The number of nitrogens with zero attached hydrogens (tertiary/aromatic N) is 2. The molecule has 64 valence electrons. The van der Waals surface area contributed by atoms with Gasteiger partial charge in [0.1, 0.15) is 0 Å². The van der Waals surface area contributed by atoms with Gasteiger partial charge in [0, 0.05) is 25.2 Å². The van der Waals surface area contributed by atoms with Gasteiger partial charge < -0.3 is 4.90 Å². The minimum absolute atomic E-state index is 0.451. The fourth-order valence-corrected chi connectivity index (χ4v) is 2.84. The maximum atomic E-state index is 4.47. The predicted molar refractivity (Wildman–Crippen MR) is 50.0 cm³/mol. The van der Waals surface area contributed by atoms with Gasteiger partial charge in [0.15, 0.2) is 0 Å². The van der Waals surface area contributed by atoms with Gasteiger partial charge in [-0.05, 0) is 20.4 Å². The fourth-order valence-electron chi connectivity index (χ4n) is 2.46. The highest BCUT2D eigenvalue weighted by molar-refractivity contribution is 7.80. The maximum Gasteiger partial charge on any atom is 0.0505 e. The van der Waals surface area contributed by atoms with E-state index in [1.807, 2.05) is 0 Å². The Bertz CT molecular complexity index is 148. The average Bonchev–Trinajstić information content (AvgIpc) is 1.84. The lowest BCUT2D eigenvalue weighted by atomic mass is 9.88. The molecule has 2 nitrogen and oxygen atoms in total. The molecular formula is C8H16N2S. The molecule has 2 unspecified atom stereocenters. The Labute approximate surface area is 74.0 Å². The smallest absolute Gasteiger partial charge is 0.0505 e. The highest BCUT2D eigenvalue weighted by Gasteiger charge is 2.44. The number of thiol groups is 1. The molecule has 3 heteroatoms. The van der Waals surface area contributed by atoms with Crippen molar-refractivity contribution in [3.63, 3.8) is 0 Å². The molecule has 2 bridgehead atoms. The molecule has 3 atom stereocenters. The summed E-state index contributed by atoms with van der Waals surface area (Å²) in [7, 11) is 2.21. The van der Waals surface area contributed by atoms with Crippen molar-refractivity contribution in [3.05, 3.63) is 0 Å². The number of likely N-dealkylation sites (N-methyl/N-ethyl adjacent to an activating group) is 1. The van der Waals surface area contributed by atoms with Crippen molar-refractivity contribution in [2.24, 2.45) is 0 Å². The Kier molecular flexibility index (Phi) is 1.90. The summed E-state index contributed by atoms with van der Waals surface area (Å²) >= 11 is 4.47. The third-order valence-electron chi connectivity index (χ3n) is 2.86. The second-order valence-electron chi connectivity index (χ2n) is 3.84. The van der Waals surface area contributed by atoms with Crippen LogP contribution in [0.1, 0.15) is 13.3 Å². The van der Waals surface area contributed by atoms with Crippen molar-refractivity contribution in [2.75, 3.05) is 20.1 Å². The van der Waals surface area contributed by atoms with E-state index in [1.165, 1.54) is 19.5 Å². The summed E-state index contributed by atoms with van der Waals surface area (Å²) in [5.74, 6) is 0. The summed E-state index contributed by atoms with van der Waals surface area (Å²) in [6, 6.07) is 1.59. The molecule has 3 fully saturated rings. The van der Waals surface area contributed by atoms with E-state index < -0.39 is 0 Å². The van der Waals surface area contributed by atoms with Gasteiger partial charge in [0.05, 0.1) is 5.37 Å². The molecule has 0 saturated carbocycles. The molecule has 3 aliphatic heterocycles. The molecule has 0 aromatic carbocycles. The number of hydrogen-bond donors (Lipinski definition) is 1. The van der Waals surface area contributed by atoms with Crippen LogP contribution in [0.5, 0.6) is 0 Å². The van der Waals surface area contributed by atoms with Crippen LogP contribution in [0.2, 0.25) is 0 Å². The Hall–Kier alpha value is 0.270. The SMILES string of the molecule is C[C@H](S)N1C2CC1CN(C)C2. The van der Waals surface area contributed by atoms with E-state index in [4.69, 9.17) is 0 Å². The molecule has 3 rings (SSSR count). The van der Waals surface area contributed by atoms with Gasteiger partial charge in [-0.25, -0.2) is 0 Å². The van der Waals surface area contributed by atoms with Crippen LogP contribution >= 0.6 is 12.6 Å². The van der Waals surface area contributed by atoms with E-state index in [-0.39, 0.29) is 0 Å². The molecule has 0 aliphatic carbocycles. The first-order valence-corrected chi connectivity index (χ1v) is 4.84. The molecule has 0 aromatic heterocycles. The second kappa shape index (κ2) is 2.64. The highest BCUT2D eigenvalue weighted by Crippen LogP contribution is 2.34. The minimum atomic E-state index is 0.451. The summed E-state index contributed by atoms with van der Waals surface area (Å²) < 4.78 is 0. The van der Waals surface area contributed by atoms with Crippen LogP contribution < -0.4 is 0 Å². The van der Waals surface area contributed by atoms with Gasteiger partial charge in [-0.15, -0.1) is 0 Å². The van der Waals surface area contributed by atoms with E-state index >= 15 is 0 Å². The summed E-state index contributed by atoms with van der Waals surface area (Å²) in [6.07, 6.45) is 1.40. The largest absolute Gasteiger partial charge is 0.303 e. The van der Waals surface area contributed by atoms with Crippen LogP contribution in [-0.4, -0.2) is 47.4 Å². The van der Waals surface area contributed by atoms with E-state index in [0.717, 1.165) is 12.1 Å². The van der Waals surface area contributed by atoms with Gasteiger partial charge in [0.2, 0.25) is 0 Å². The normalized spacial score (nSPS) is 41.7. The Morgan fingerprint density at radius 1 is 1.36 bits per heavy atom. The van der Waals surface area contributed by atoms with Crippen molar-refractivity contribution in [1.29, 1.82) is 0 Å². The van der Waals surface area contributed by atoms with E-state index in [0.29, 0.717) is 5.37 Å². The first-order chi connectivity index (χ1) is 5.18. The van der Waals surface area contributed by atoms with Crippen LogP contribution in [0.25, 0.3) is 0 Å². The van der Waals surface area contributed by atoms with Crippen LogP contribution in [0.3, 0.4) is 0 Å². The van der Waals surface area contributed by atoms with Crippen molar-refractivity contribution < 1.29 is 0 Å². The second-order valence-corrected chi connectivity index (χ2v) is 4.59. The number of rotatable bonds is 1. The molecule has 0 aromatic rings. The molecule has 3 heterocycles. The predicted octanol–water partition coefficient (Wildman–Crippen LogP) is 0.650. The van der Waals surface area contributed by atoms with Crippen molar-refractivity contribution >= 4 is 12.6 Å². The van der Waals surface area contributed by atoms with Gasteiger partial charge in [-0.2, -0.15) is 12.6 Å². The standard InChI is InChI=1S/C8H16N2S/c1-6(11)10-7-3-8(10)5-9(2)4-7/h6-8,11H,3-5H2,1-2H3/t6-,7?,8?/m0/s1. The number of piperazine rings is 1. The van der Waals surface area contributed by atoms with Crippen molar-refractivity contribution in [2.45, 2.75) is 30.8 Å². The lowest BCUT2D eigenvalue weighted by Crippen LogP contribution is -2.69. The third kappa shape index (κ3) is 1.19. The Morgan fingerprint density at radius 2 is 1.91 bits per heavy atom. The zero-order chi connectivity index (χ0) is 8.01. The molecule has 0 amide bonds. The Morgan fingerprint density at radius 3 is 2.36 bits per heavy atom. The van der Waals surface area contributed by atoms with E-state index in [1.54, 1.807) is 0 Å². The van der Waals surface area contributed by atoms with Crippen molar-refractivity contribution in [3.8, 4) is 0 Å². The number of piperidine rings is 1. The molecule has 3 saturated heterocycles. The lowest BCUT2D eigenvalue weighted by Gasteiger charge is -2.57. The van der Waals surface area contributed by atoms with Gasteiger partial charge in [-0.1, -0.05) is 0 Å². The van der Waals surface area contributed by atoms with Crippen molar-refractivity contribution in [1.82, 2.24) is 9.80 Å². The first-order valence-electron chi connectivity index (χ1n) is 4.32. The van der Waals surface area contributed by atoms with Gasteiger partial charge in [0.25, 0.3) is 0 Å². The zero-order valence-electron chi connectivity index (χ0n) is 7.20. The lowest BCUT2D eigenvalue weighted by molar-refractivity contribution is -0.0645. The molecule has 0 spiro atoms. The zero-order valence-corrected chi connectivity index (χ0v) is 8.09. The molecule has 0 N–H and O–H groups in total. The van der Waals surface area contributed by atoms with Crippen LogP contribution in [0, 0.1) is 0 Å². The Balaban J connectivity index is 1.98. The third-order valence-corrected chi connectivity index (χ3v) is 3.13. The molecule has 0 radical (unpaired) electrons. The topological polar surface area (TPSA) is 6.48 Å².